The third kappa shape index (κ3) is 2.94. The molecule has 5 nitrogen and oxygen atoms in total. The molecule has 0 radical (unpaired) electrons. The second-order valence-electron chi connectivity index (χ2n) is 12.4. The monoisotopic (exact) mass is 468 g/mol. The van der Waals surface area contributed by atoms with Crippen molar-refractivity contribution in [3.05, 3.63) is 60.7 Å². The summed E-state index contributed by atoms with van der Waals surface area (Å²) in [5.41, 5.74) is 2.09. The average molecular weight is 469 g/mol. The van der Waals surface area contributed by atoms with Crippen LogP contribution in [0.4, 0.5) is 0 Å². The van der Waals surface area contributed by atoms with Gasteiger partial charge < -0.3 is 5.11 Å². The van der Waals surface area contributed by atoms with Crippen molar-refractivity contribution in [3.63, 3.8) is 0 Å². The summed E-state index contributed by atoms with van der Waals surface area (Å²) in [7, 11) is 0. The molecule has 3 fully saturated rings. The third-order valence-electron chi connectivity index (χ3n) is 11.2. The molecular weight excluding hydrogens is 432 g/mol. The van der Waals surface area contributed by atoms with Crippen LogP contribution in [0.5, 0.6) is 0 Å². The molecule has 2 unspecified atom stereocenters. The van der Waals surface area contributed by atoms with Gasteiger partial charge in [-0.05, 0) is 103 Å². The van der Waals surface area contributed by atoms with Gasteiger partial charge in [-0.1, -0.05) is 37.3 Å². The maximum Gasteiger partial charge on any atom is 0.0806 e. The number of rotatable bonds is 2. The molecule has 2 heterocycles. The third-order valence-corrected chi connectivity index (χ3v) is 11.2. The van der Waals surface area contributed by atoms with E-state index < -0.39 is 5.60 Å². The van der Waals surface area contributed by atoms with Crippen LogP contribution in [0.1, 0.15) is 76.8 Å². The van der Waals surface area contributed by atoms with Crippen LogP contribution in [0.3, 0.4) is 0 Å². The lowest BCUT2D eigenvalue weighted by Crippen LogP contribution is -2.61. The standard InChI is InChI=1S/C30H36N4O/c1-28-11-7-24(34-16-15-32-33-34)18-23(28)5-6-27-26(28)8-12-29(2)25(9-13-30(27,29)35)21-4-3-20-10-14-31-19-22(20)17-21/h3-4,9-10,14-17,19,23-24,26-27,35H,5-8,11-13,18H2,1-2H3/t23?,24-,26?,27+,28-,29+,30+/m0/s1. The molecule has 0 amide bonds. The predicted molar refractivity (Wildman–Crippen MR) is 137 cm³/mol. The first kappa shape index (κ1) is 21.7. The van der Waals surface area contributed by atoms with Gasteiger partial charge in [-0.2, -0.15) is 0 Å². The Hall–Kier alpha value is -2.53. The Labute approximate surface area is 207 Å². The minimum atomic E-state index is -0.647. The second-order valence-corrected chi connectivity index (χ2v) is 12.4. The summed E-state index contributed by atoms with van der Waals surface area (Å²) < 4.78 is 2.09. The quantitative estimate of drug-likeness (QED) is 0.485. The molecule has 182 valence electrons. The molecular formula is C30H36N4O. The van der Waals surface area contributed by atoms with Crippen LogP contribution in [-0.2, 0) is 0 Å². The van der Waals surface area contributed by atoms with Gasteiger partial charge in [0.15, 0.2) is 0 Å². The SMILES string of the molecule is C[C@]12CC[C@H](n3ccnn3)CC1CC[C@@H]1C2CC[C@]2(C)C(c3ccc4ccncc4c3)=CC[C@@]12O. The zero-order valence-corrected chi connectivity index (χ0v) is 20.9. The van der Waals surface area contributed by atoms with Gasteiger partial charge in [0.2, 0.25) is 0 Å². The maximum atomic E-state index is 12.5. The highest BCUT2D eigenvalue weighted by Crippen LogP contribution is 2.69. The normalized spacial score (nSPS) is 40.6. The number of aromatic nitrogens is 4. The van der Waals surface area contributed by atoms with Crippen LogP contribution >= 0.6 is 0 Å². The molecule has 0 aliphatic heterocycles. The molecule has 1 N–H and O–H groups in total. The lowest BCUT2D eigenvalue weighted by Gasteiger charge is -2.63. The molecule has 0 bridgehead atoms. The van der Waals surface area contributed by atoms with E-state index in [9.17, 15) is 5.11 Å². The fraction of sp³-hybridized carbons (Fsp3) is 0.567. The molecule has 35 heavy (non-hydrogen) atoms. The Balaban J connectivity index is 1.18. The van der Waals surface area contributed by atoms with Gasteiger partial charge >= 0.3 is 0 Å². The van der Waals surface area contributed by atoms with Gasteiger partial charge in [-0.3, -0.25) is 4.98 Å². The smallest absolute Gasteiger partial charge is 0.0806 e. The van der Waals surface area contributed by atoms with Crippen molar-refractivity contribution in [2.45, 2.75) is 76.9 Å². The fourth-order valence-electron chi connectivity index (χ4n) is 9.12. The van der Waals surface area contributed by atoms with Crippen molar-refractivity contribution >= 4 is 16.3 Å². The number of pyridine rings is 1. The Morgan fingerprint density at radius 2 is 1.89 bits per heavy atom. The van der Waals surface area contributed by atoms with Crippen LogP contribution in [0.2, 0.25) is 0 Å². The van der Waals surface area contributed by atoms with Crippen LogP contribution in [-0.4, -0.2) is 30.7 Å². The maximum absolute atomic E-state index is 12.5. The summed E-state index contributed by atoms with van der Waals surface area (Å²) >= 11 is 0. The second kappa shape index (κ2) is 7.49. The van der Waals surface area contributed by atoms with Gasteiger partial charge in [0.1, 0.15) is 0 Å². The first-order valence-electron chi connectivity index (χ1n) is 13.6. The highest BCUT2D eigenvalue weighted by atomic mass is 16.3. The topological polar surface area (TPSA) is 63.8 Å². The van der Waals surface area contributed by atoms with Gasteiger partial charge in [-0.15, -0.1) is 5.10 Å². The molecule has 7 atom stereocenters. The van der Waals surface area contributed by atoms with Gasteiger partial charge in [-0.25, -0.2) is 4.68 Å². The van der Waals surface area contributed by atoms with E-state index in [1.165, 1.54) is 54.0 Å². The van der Waals surface area contributed by atoms with E-state index in [4.69, 9.17) is 0 Å². The van der Waals surface area contributed by atoms with E-state index in [0.29, 0.717) is 29.2 Å². The molecule has 0 spiro atoms. The Morgan fingerprint density at radius 1 is 0.971 bits per heavy atom. The number of nitrogens with zero attached hydrogens (tertiary/aromatic N) is 4. The molecule has 4 aliphatic carbocycles. The average Bonchev–Trinajstić information content (AvgIpc) is 3.50. The first-order chi connectivity index (χ1) is 16.9. The molecule has 3 aromatic rings. The zero-order chi connectivity index (χ0) is 23.8. The van der Waals surface area contributed by atoms with Gasteiger partial charge in [0, 0.05) is 29.4 Å². The summed E-state index contributed by atoms with van der Waals surface area (Å²) in [5.74, 6) is 1.69. The molecule has 2 aromatic heterocycles. The van der Waals surface area contributed by atoms with Gasteiger partial charge in [0.05, 0.1) is 17.8 Å². The van der Waals surface area contributed by atoms with E-state index >= 15 is 0 Å². The largest absolute Gasteiger partial charge is 0.388 e. The van der Waals surface area contributed by atoms with Crippen molar-refractivity contribution < 1.29 is 5.11 Å². The highest BCUT2D eigenvalue weighted by molar-refractivity contribution is 5.87. The summed E-state index contributed by atoms with van der Waals surface area (Å²) in [6, 6.07) is 9.29. The van der Waals surface area contributed by atoms with Crippen molar-refractivity contribution in [1.29, 1.82) is 0 Å². The zero-order valence-electron chi connectivity index (χ0n) is 20.9. The van der Waals surface area contributed by atoms with E-state index in [0.717, 1.165) is 19.3 Å². The predicted octanol–water partition coefficient (Wildman–Crippen LogP) is 6.22. The number of fused-ring (bicyclic) bond motifs is 6. The lowest BCUT2D eigenvalue weighted by atomic mass is 9.43. The van der Waals surface area contributed by atoms with Crippen molar-refractivity contribution in [2.24, 2.45) is 28.6 Å². The Kier molecular flexibility index (Phi) is 4.65. The summed E-state index contributed by atoms with van der Waals surface area (Å²) in [6.45, 7) is 4.91. The summed E-state index contributed by atoms with van der Waals surface area (Å²) in [4.78, 5) is 4.34. The Morgan fingerprint density at radius 3 is 2.74 bits per heavy atom. The van der Waals surface area contributed by atoms with E-state index in [-0.39, 0.29) is 5.41 Å². The molecule has 4 aliphatic rings. The Bertz CT molecular complexity index is 1300. The minimum absolute atomic E-state index is 0.189. The molecule has 7 rings (SSSR count). The van der Waals surface area contributed by atoms with E-state index in [1.807, 2.05) is 18.6 Å². The summed E-state index contributed by atoms with van der Waals surface area (Å²) in [5, 5.41) is 23.3. The number of hydrogen-bond donors (Lipinski definition) is 1. The minimum Gasteiger partial charge on any atom is -0.388 e. The fourth-order valence-corrected chi connectivity index (χ4v) is 9.12. The number of benzene rings is 1. The van der Waals surface area contributed by atoms with Crippen LogP contribution in [0, 0.1) is 28.6 Å². The molecule has 3 saturated carbocycles. The van der Waals surface area contributed by atoms with Crippen molar-refractivity contribution in [1.82, 2.24) is 20.0 Å². The lowest BCUT2D eigenvalue weighted by molar-refractivity contribution is -0.190. The van der Waals surface area contributed by atoms with E-state index in [1.54, 1.807) is 6.20 Å². The highest BCUT2D eigenvalue weighted by Gasteiger charge is 2.65. The van der Waals surface area contributed by atoms with Gasteiger partial charge in [0.25, 0.3) is 0 Å². The number of aliphatic hydroxyl groups is 1. The van der Waals surface area contributed by atoms with Crippen LogP contribution in [0.15, 0.2) is 55.1 Å². The van der Waals surface area contributed by atoms with Crippen molar-refractivity contribution in [2.75, 3.05) is 0 Å². The molecule has 0 saturated heterocycles. The van der Waals surface area contributed by atoms with Crippen molar-refractivity contribution in [3.8, 4) is 0 Å². The summed E-state index contributed by atoms with van der Waals surface area (Å²) in [6.07, 6.45) is 19.1. The number of hydrogen-bond acceptors (Lipinski definition) is 4. The molecule has 5 heteroatoms. The first-order valence-corrected chi connectivity index (χ1v) is 13.6. The molecule has 1 aromatic carbocycles. The van der Waals surface area contributed by atoms with Crippen LogP contribution < -0.4 is 0 Å². The van der Waals surface area contributed by atoms with E-state index in [2.05, 4.69) is 64.2 Å². The van der Waals surface area contributed by atoms with Crippen LogP contribution in [0.25, 0.3) is 16.3 Å².